The van der Waals surface area contributed by atoms with Gasteiger partial charge in [-0.15, -0.1) is 0 Å². The molecule has 0 saturated heterocycles. The van der Waals surface area contributed by atoms with Crippen molar-refractivity contribution in [2.24, 2.45) is 0 Å². The number of anilines is 2. The summed E-state index contributed by atoms with van der Waals surface area (Å²) in [5.41, 5.74) is 0.868. The van der Waals surface area contributed by atoms with E-state index in [1.165, 1.54) is 0 Å². The normalized spacial score (nSPS) is 14.6. The number of para-hydroxylation sites is 1. The van der Waals surface area contributed by atoms with Gasteiger partial charge in [0.15, 0.2) is 17.3 Å². The van der Waals surface area contributed by atoms with Crippen molar-refractivity contribution in [1.82, 2.24) is 9.97 Å². The second-order valence-electron chi connectivity index (χ2n) is 6.46. The van der Waals surface area contributed by atoms with E-state index in [4.69, 9.17) is 21.1 Å². The van der Waals surface area contributed by atoms with Gasteiger partial charge in [-0.05, 0) is 33.8 Å². The topological polar surface area (TPSA) is 68.3 Å². The van der Waals surface area contributed by atoms with Gasteiger partial charge in [0.05, 0.1) is 0 Å². The number of benzene rings is 1. The van der Waals surface area contributed by atoms with E-state index >= 15 is 0 Å². The Labute approximate surface area is 152 Å². The molecule has 2 N–H and O–H groups in total. The van der Waals surface area contributed by atoms with Crippen LogP contribution >= 0.6 is 11.6 Å². The maximum Gasteiger partial charge on any atom is 0.245 e. The molecule has 1 aliphatic heterocycles. The van der Waals surface area contributed by atoms with Crippen LogP contribution in [0.25, 0.3) is 0 Å². The van der Waals surface area contributed by atoms with Crippen molar-refractivity contribution in [2.45, 2.75) is 39.7 Å². The van der Waals surface area contributed by atoms with Crippen molar-refractivity contribution in [1.29, 1.82) is 0 Å². The molecular weight excluding hydrogens is 340 g/mol. The van der Waals surface area contributed by atoms with Crippen molar-refractivity contribution < 1.29 is 9.47 Å². The summed E-state index contributed by atoms with van der Waals surface area (Å²) in [5.74, 6) is 2.65. The zero-order chi connectivity index (χ0) is 18.0. The van der Waals surface area contributed by atoms with Crippen molar-refractivity contribution in [3.05, 3.63) is 28.8 Å². The number of halogens is 1. The van der Waals surface area contributed by atoms with E-state index in [1.54, 1.807) is 0 Å². The van der Waals surface area contributed by atoms with Gasteiger partial charge in [-0.3, -0.25) is 0 Å². The Bertz CT molecular complexity index is 780. The Morgan fingerprint density at radius 1 is 1.20 bits per heavy atom. The van der Waals surface area contributed by atoms with Crippen LogP contribution in [0.15, 0.2) is 18.2 Å². The summed E-state index contributed by atoms with van der Waals surface area (Å²) < 4.78 is 12.1. The Balaban J connectivity index is 1.98. The van der Waals surface area contributed by atoms with E-state index in [2.05, 4.69) is 34.4 Å². The van der Waals surface area contributed by atoms with E-state index in [0.29, 0.717) is 41.5 Å². The maximum atomic E-state index is 6.44. The van der Waals surface area contributed by atoms with Gasteiger partial charge in [0, 0.05) is 25.1 Å². The van der Waals surface area contributed by atoms with Gasteiger partial charge < -0.3 is 20.1 Å². The summed E-state index contributed by atoms with van der Waals surface area (Å²) in [6, 6.07) is 5.86. The lowest BCUT2D eigenvalue weighted by atomic mass is 10.0. The number of aromatic nitrogens is 2. The van der Waals surface area contributed by atoms with Gasteiger partial charge in [-0.25, -0.2) is 0 Å². The number of ether oxygens (including phenoxy) is 2. The molecule has 0 fully saturated rings. The molecule has 0 radical (unpaired) electrons. The zero-order valence-corrected chi connectivity index (χ0v) is 15.7. The summed E-state index contributed by atoms with van der Waals surface area (Å²) in [6.45, 7) is 9.46. The Morgan fingerprint density at radius 3 is 2.68 bits per heavy atom. The molecule has 134 valence electrons. The molecule has 0 bridgehead atoms. The molecule has 0 unspecified atom stereocenters. The lowest BCUT2D eigenvalue weighted by Crippen LogP contribution is -2.24. The van der Waals surface area contributed by atoms with E-state index < -0.39 is 0 Å². The standard InChI is InChI=1S/C18H23ClN4O2/c1-5-20-15-13(19)16(23-17(22-15)21-6-2)24-12-9-7-8-11-10-18(3,4)25-14(11)12/h7-9H,5-6,10H2,1-4H3,(H2,20,21,22,23). The van der Waals surface area contributed by atoms with Crippen molar-refractivity contribution in [2.75, 3.05) is 23.7 Å². The van der Waals surface area contributed by atoms with Gasteiger partial charge in [0.2, 0.25) is 11.8 Å². The molecule has 2 heterocycles. The molecule has 0 spiro atoms. The largest absolute Gasteiger partial charge is 0.483 e. The van der Waals surface area contributed by atoms with Crippen LogP contribution in [0.1, 0.15) is 33.3 Å². The predicted octanol–water partition coefficient (Wildman–Crippen LogP) is 4.50. The number of hydrogen-bond acceptors (Lipinski definition) is 6. The first-order valence-electron chi connectivity index (χ1n) is 8.47. The minimum absolute atomic E-state index is 0.249. The molecular formula is C18H23ClN4O2. The Kier molecular flexibility index (Phi) is 4.90. The van der Waals surface area contributed by atoms with Crippen LogP contribution < -0.4 is 20.1 Å². The summed E-state index contributed by atoms with van der Waals surface area (Å²) in [7, 11) is 0. The number of hydrogen-bond donors (Lipinski definition) is 2. The average molecular weight is 363 g/mol. The SMILES string of the molecule is CCNc1nc(NCC)c(Cl)c(Oc2cccc3c2OC(C)(C)C3)n1. The van der Waals surface area contributed by atoms with Crippen molar-refractivity contribution in [3.8, 4) is 17.4 Å². The van der Waals surface area contributed by atoms with Gasteiger partial charge >= 0.3 is 0 Å². The van der Waals surface area contributed by atoms with Crippen molar-refractivity contribution >= 4 is 23.4 Å². The highest BCUT2D eigenvalue weighted by atomic mass is 35.5. The first-order valence-corrected chi connectivity index (χ1v) is 8.85. The molecule has 25 heavy (non-hydrogen) atoms. The maximum absolute atomic E-state index is 6.44. The van der Waals surface area contributed by atoms with Gasteiger partial charge in [-0.2, -0.15) is 9.97 Å². The molecule has 0 aliphatic carbocycles. The van der Waals surface area contributed by atoms with Crippen LogP contribution in [-0.4, -0.2) is 28.7 Å². The summed E-state index contributed by atoms with van der Waals surface area (Å²) >= 11 is 6.44. The molecule has 0 atom stereocenters. The Hall–Kier alpha value is -2.21. The van der Waals surface area contributed by atoms with E-state index in [1.807, 2.05) is 32.0 Å². The molecule has 7 heteroatoms. The Morgan fingerprint density at radius 2 is 1.96 bits per heavy atom. The molecule has 0 amide bonds. The number of fused-ring (bicyclic) bond motifs is 1. The smallest absolute Gasteiger partial charge is 0.245 e. The second kappa shape index (κ2) is 6.96. The van der Waals surface area contributed by atoms with Gasteiger partial charge in [0.25, 0.3) is 0 Å². The van der Waals surface area contributed by atoms with E-state index in [0.717, 1.165) is 17.7 Å². The number of nitrogens with one attached hydrogen (secondary N) is 2. The van der Waals surface area contributed by atoms with Crippen LogP contribution in [0.5, 0.6) is 17.4 Å². The second-order valence-corrected chi connectivity index (χ2v) is 6.84. The fraction of sp³-hybridized carbons (Fsp3) is 0.444. The minimum atomic E-state index is -0.249. The lowest BCUT2D eigenvalue weighted by molar-refractivity contribution is 0.135. The molecule has 1 aromatic heterocycles. The molecule has 1 aromatic carbocycles. The van der Waals surface area contributed by atoms with E-state index in [-0.39, 0.29) is 5.60 Å². The highest BCUT2D eigenvalue weighted by Gasteiger charge is 2.32. The molecule has 3 rings (SSSR count). The summed E-state index contributed by atoms with van der Waals surface area (Å²) in [6.07, 6.45) is 0.836. The van der Waals surface area contributed by atoms with E-state index in [9.17, 15) is 0 Å². The monoisotopic (exact) mass is 362 g/mol. The number of nitrogens with zero attached hydrogens (tertiary/aromatic N) is 2. The van der Waals surface area contributed by atoms with Crippen molar-refractivity contribution in [3.63, 3.8) is 0 Å². The molecule has 0 saturated carbocycles. The number of rotatable bonds is 6. The molecule has 6 nitrogen and oxygen atoms in total. The lowest BCUT2D eigenvalue weighted by Gasteiger charge is -2.18. The van der Waals surface area contributed by atoms with Crippen LogP contribution in [0.2, 0.25) is 5.02 Å². The summed E-state index contributed by atoms with van der Waals surface area (Å²) in [4.78, 5) is 8.76. The molecule has 1 aliphatic rings. The van der Waals surface area contributed by atoms with Gasteiger partial charge in [-0.1, -0.05) is 23.7 Å². The fourth-order valence-corrected chi connectivity index (χ4v) is 2.98. The van der Waals surface area contributed by atoms with Gasteiger partial charge in [0.1, 0.15) is 10.6 Å². The first-order chi connectivity index (χ1) is 11.9. The molecule has 2 aromatic rings. The summed E-state index contributed by atoms with van der Waals surface area (Å²) in [5, 5.41) is 6.57. The third-order valence-electron chi connectivity index (χ3n) is 3.76. The van der Waals surface area contributed by atoms with Crippen LogP contribution in [0, 0.1) is 0 Å². The zero-order valence-electron chi connectivity index (χ0n) is 14.9. The highest BCUT2D eigenvalue weighted by Crippen LogP contribution is 2.44. The first kappa shape index (κ1) is 17.6. The quantitative estimate of drug-likeness (QED) is 0.788. The van der Waals surface area contributed by atoms with Crippen LogP contribution in [0.3, 0.4) is 0 Å². The highest BCUT2D eigenvalue weighted by molar-refractivity contribution is 6.34. The third-order valence-corrected chi connectivity index (χ3v) is 4.10. The van der Waals surface area contributed by atoms with Crippen LogP contribution in [0.4, 0.5) is 11.8 Å². The predicted molar refractivity (Wildman–Crippen MR) is 100 cm³/mol. The van der Waals surface area contributed by atoms with Crippen LogP contribution in [-0.2, 0) is 6.42 Å². The average Bonchev–Trinajstić information content (AvgIpc) is 2.87. The fourth-order valence-electron chi connectivity index (χ4n) is 2.79. The minimum Gasteiger partial charge on any atom is -0.483 e. The third kappa shape index (κ3) is 3.74.